The Kier molecular flexibility index (Phi) is 3.57. The van der Waals surface area contributed by atoms with Crippen molar-refractivity contribution < 1.29 is 0 Å². The van der Waals surface area contributed by atoms with E-state index in [0.29, 0.717) is 0 Å². The first-order valence-corrected chi connectivity index (χ1v) is 7.02. The van der Waals surface area contributed by atoms with Crippen LogP contribution in [0.2, 0.25) is 0 Å². The molecule has 2 heteroatoms. The predicted molar refractivity (Wildman–Crippen MR) is 84.2 cm³/mol. The number of fused-ring (bicyclic) bond motifs is 1. The van der Waals surface area contributed by atoms with Gasteiger partial charge in [0.15, 0.2) is 0 Å². The third-order valence-electron chi connectivity index (χ3n) is 3.69. The van der Waals surface area contributed by atoms with Crippen molar-refractivity contribution in [2.24, 2.45) is 0 Å². The quantitative estimate of drug-likeness (QED) is 0.915. The third kappa shape index (κ3) is 2.47. The maximum Gasteiger partial charge on any atom is 0.0427 e. The molecule has 0 unspecified atom stereocenters. The zero-order valence-electron chi connectivity index (χ0n) is 12.1. The zero-order valence-corrected chi connectivity index (χ0v) is 12.1. The minimum Gasteiger partial charge on any atom is -0.376 e. The van der Waals surface area contributed by atoms with Crippen LogP contribution in [-0.2, 0) is 13.1 Å². The molecule has 0 saturated heterocycles. The average Bonchev–Trinajstić information content (AvgIpc) is 2.47. The van der Waals surface area contributed by atoms with Crippen LogP contribution in [0, 0.1) is 0 Å². The summed E-state index contributed by atoms with van der Waals surface area (Å²) >= 11 is 0. The van der Waals surface area contributed by atoms with Crippen LogP contribution in [-0.4, -0.2) is 19.0 Å². The first-order valence-electron chi connectivity index (χ1n) is 7.02. The maximum absolute atomic E-state index is 3.22. The molecule has 2 aromatic carbocycles. The Morgan fingerprint density at radius 2 is 1.90 bits per heavy atom. The van der Waals surface area contributed by atoms with Crippen molar-refractivity contribution in [3.8, 4) is 0 Å². The Hall–Kier alpha value is -2.06. The molecule has 0 amide bonds. The largest absolute Gasteiger partial charge is 0.376 e. The summed E-state index contributed by atoms with van der Waals surface area (Å²) in [7, 11) is 4.12. The molecule has 0 bridgehead atoms. The summed E-state index contributed by atoms with van der Waals surface area (Å²) in [6.07, 6.45) is 2.25. The maximum atomic E-state index is 3.22. The van der Waals surface area contributed by atoms with E-state index in [1.807, 2.05) is 7.05 Å². The fourth-order valence-electron chi connectivity index (χ4n) is 2.81. The lowest BCUT2D eigenvalue weighted by Gasteiger charge is -2.26. The van der Waals surface area contributed by atoms with Gasteiger partial charge in [-0.3, -0.25) is 0 Å². The normalized spacial score (nSPS) is 13.9. The van der Waals surface area contributed by atoms with E-state index < -0.39 is 0 Å². The highest BCUT2D eigenvalue weighted by atomic mass is 15.1. The highest BCUT2D eigenvalue weighted by Gasteiger charge is 2.16. The van der Waals surface area contributed by atoms with Gasteiger partial charge in [-0.2, -0.15) is 0 Å². The van der Waals surface area contributed by atoms with Gasteiger partial charge in [0.2, 0.25) is 0 Å². The van der Waals surface area contributed by atoms with Crippen molar-refractivity contribution >= 4 is 5.57 Å². The van der Waals surface area contributed by atoms with Crippen LogP contribution < -0.4 is 5.32 Å². The van der Waals surface area contributed by atoms with E-state index in [9.17, 15) is 0 Å². The molecule has 1 aliphatic rings. The molecule has 1 heterocycles. The smallest absolute Gasteiger partial charge is 0.0427 e. The summed E-state index contributed by atoms with van der Waals surface area (Å²) in [5.74, 6) is 0. The highest BCUT2D eigenvalue weighted by Crippen LogP contribution is 2.31. The lowest BCUT2D eigenvalue weighted by atomic mass is 9.91. The first-order chi connectivity index (χ1) is 9.78. The summed E-state index contributed by atoms with van der Waals surface area (Å²) in [6, 6.07) is 17.4. The number of nitrogens with zero attached hydrogens (tertiary/aromatic N) is 1. The SMILES string of the molecule is CNCc1ccc2c(c1)CN(C)C=C2c1ccccc1. The minimum atomic E-state index is 0.918. The molecule has 3 rings (SSSR count). The summed E-state index contributed by atoms with van der Waals surface area (Å²) in [5, 5.41) is 3.22. The van der Waals surface area contributed by atoms with Gasteiger partial charge in [-0.1, -0.05) is 48.5 Å². The summed E-state index contributed by atoms with van der Waals surface area (Å²) < 4.78 is 0. The lowest BCUT2D eigenvalue weighted by Crippen LogP contribution is -2.18. The van der Waals surface area contributed by atoms with Crippen molar-refractivity contribution in [1.29, 1.82) is 0 Å². The Balaban J connectivity index is 2.06. The second kappa shape index (κ2) is 5.51. The second-order valence-corrected chi connectivity index (χ2v) is 5.35. The second-order valence-electron chi connectivity index (χ2n) is 5.35. The number of rotatable bonds is 3. The molecule has 0 saturated carbocycles. The molecule has 0 atom stereocenters. The summed E-state index contributed by atoms with van der Waals surface area (Å²) in [4.78, 5) is 2.26. The van der Waals surface area contributed by atoms with E-state index in [0.717, 1.165) is 13.1 Å². The van der Waals surface area contributed by atoms with Crippen LogP contribution in [0.3, 0.4) is 0 Å². The molecule has 102 valence electrons. The molecule has 20 heavy (non-hydrogen) atoms. The van der Waals surface area contributed by atoms with Gasteiger partial charge in [-0.05, 0) is 29.3 Å². The molecule has 0 radical (unpaired) electrons. The topological polar surface area (TPSA) is 15.3 Å². The van der Waals surface area contributed by atoms with Crippen molar-refractivity contribution in [3.05, 3.63) is 77.0 Å². The third-order valence-corrected chi connectivity index (χ3v) is 3.69. The van der Waals surface area contributed by atoms with E-state index in [4.69, 9.17) is 0 Å². The van der Waals surface area contributed by atoms with Crippen LogP contribution >= 0.6 is 0 Å². The van der Waals surface area contributed by atoms with E-state index in [2.05, 4.69) is 72.0 Å². The lowest BCUT2D eigenvalue weighted by molar-refractivity contribution is 0.445. The molecule has 0 fully saturated rings. The van der Waals surface area contributed by atoms with E-state index >= 15 is 0 Å². The predicted octanol–water partition coefficient (Wildman–Crippen LogP) is 3.24. The van der Waals surface area contributed by atoms with Gasteiger partial charge in [0.1, 0.15) is 0 Å². The number of nitrogens with one attached hydrogen (secondary N) is 1. The minimum absolute atomic E-state index is 0.918. The van der Waals surface area contributed by atoms with Gasteiger partial charge in [-0.15, -0.1) is 0 Å². The van der Waals surface area contributed by atoms with Crippen LogP contribution in [0.15, 0.2) is 54.7 Å². The Morgan fingerprint density at radius 3 is 2.65 bits per heavy atom. The van der Waals surface area contributed by atoms with Crippen molar-refractivity contribution in [1.82, 2.24) is 10.2 Å². The van der Waals surface area contributed by atoms with Gasteiger partial charge in [0, 0.05) is 31.9 Å². The molecule has 0 spiro atoms. The number of hydrogen-bond donors (Lipinski definition) is 1. The average molecular weight is 264 g/mol. The molecule has 1 N–H and O–H groups in total. The van der Waals surface area contributed by atoms with E-state index in [-0.39, 0.29) is 0 Å². The first kappa shape index (κ1) is 12.9. The van der Waals surface area contributed by atoms with Gasteiger partial charge >= 0.3 is 0 Å². The Labute approximate surface area is 120 Å². The molecule has 0 aromatic heterocycles. The molecule has 2 aromatic rings. The fraction of sp³-hybridized carbons (Fsp3) is 0.222. The van der Waals surface area contributed by atoms with Crippen LogP contribution in [0.4, 0.5) is 0 Å². The van der Waals surface area contributed by atoms with Gasteiger partial charge in [0.25, 0.3) is 0 Å². The van der Waals surface area contributed by atoms with Gasteiger partial charge in [-0.25, -0.2) is 0 Å². The molecular weight excluding hydrogens is 244 g/mol. The Bertz CT molecular complexity index is 629. The molecular formula is C18H20N2. The van der Waals surface area contributed by atoms with Gasteiger partial charge in [0.05, 0.1) is 0 Å². The van der Waals surface area contributed by atoms with Crippen molar-refractivity contribution in [3.63, 3.8) is 0 Å². The monoisotopic (exact) mass is 264 g/mol. The molecule has 0 aliphatic carbocycles. The van der Waals surface area contributed by atoms with E-state index in [1.165, 1.54) is 27.8 Å². The van der Waals surface area contributed by atoms with Crippen LogP contribution in [0.1, 0.15) is 22.3 Å². The number of hydrogen-bond acceptors (Lipinski definition) is 2. The van der Waals surface area contributed by atoms with Crippen LogP contribution in [0.5, 0.6) is 0 Å². The highest BCUT2D eigenvalue weighted by molar-refractivity contribution is 5.82. The number of benzene rings is 2. The molecule has 1 aliphatic heterocycles. The Morgan fingerprint density at radius 1 is 1.10 bits per heavy atom. The van der Waals surface area contributed by atoms with Crippen LogP contribution in [0.25, 0.3) is 5.57 Å². The fourth-order valence-corrected chi connectivity index (χ4v) is 2.81. The summed E-state index contributed by atoms with van der Waals surface area (Å²) in [6.45, 7) is 1.89. The summed E-state index contributed by atoms with van der Waals surface area (Å²) in [5.41, 5.74) is 6.69. The zero-order chi connectivity index (χ0) is 13.9. The van der Waals surface area contributed by atoms with Crippen molar-refractivity contribution in [2.45, 2.75) is 13.1 Å². The van der Waals surface area contributed by atoms with E-state index in [1.54, 1.807) is 0 Å². The van der Waals surface area contributed by atoms with Gasteiger partial charge < -0.3 is 10.2 Å². The molecule has 2 nitrogen and oxygen atoms in total. The standard InChI is InChI=1S/C18H20N2/c1-19-11-14-8-9-17-16(10-14)12-20(2)13-18(17)15-6-4-3-5-7-15/h3-10,13,19H,11-12H2,1-2H3. The van der Waals surface area contributed by atoms with Crippen molar-refractivity contribution in [2.75, 3.05) is 14.1 Å².